The molecule has 0 fully saturated rings. The van der Waals surface area contributed by atoms with Crippen LogP contribution in [0.25, 0.3) is 0 Å². The maximum absolute atomic E-state index is 5.94. The van der Waals surface area contributed by atoms with E-state index in [4.69, 9.17) is 21.1 Å². The summed E-state index contributed by atoms with van der Waals surface area (Å²) in [6.07, 6.45) is 0. The second-order valence-electron chi connectivity index (χ2n) is 3.52. The lowest BCUT2D eigenvalue weighted by molar-refractivity contribution is 0.128. The van der Waals surface area contributed by atoms with Crippen LogP contribution < -0.4 is 4.90 Å². The van der Waals surface area contributed by atoms with Gasteiger partial charge in [0.25, 0.3) is 0 Å². The van der Waals surface area contributed by atoms with Crippen molar-refractivity contribution in [3.63, 3.8) is 0 Å². The summed E-state index contributed by atoms with van der Waals surface area (Å²) in [5.41, 5.74) is 0. The van der Waals surface area contributed by atoms with Gasteiger partial charge in [-0.25, -0.2) is 9.97 Å². The van der Waals surface area contributed by atoms with Crippen LogP contribution in [0.4, 0.5) is 5.82 Å². The molecule has 0 saturated heterocycles. The van der Waals surface area contributed by atoms with Gasteiger partial charge in [0, 0.05) is 33.4 Å². The first-order chi connectivity index (χ1) is 8.17. The van der Waals surface area contributed by atoms with Gasteiger partial charge in [0.15, 0.2) is 5.82 Å². The predicted molar refractivity (Wildman–Crippen MR) is 67.5 cm³/mol. The Labute approximate surface area is 107 Å². The molecule has 0 radical (unpaired) electrons. The summed E-state index contributed by atoms with van der Waals surface area (Å²) < 4.78 is 10.3. The van der Waals surface area contributed by atoms with Crippen LogP contribution in [0, 0.1) is 0 Å². The Kier molecular flexibility index (Phi) is 6.18. The average molecular weight is 260 g/mol. The Hall–Kier alpha value is -0.910. The average Bonchev–Trinajstić information content (AvgIpc) is 2.32. The molecule has 1 aromatic heterocycles. The Morgan fingerprint density at radius 3 is 2.82 bits per heavy atom. The SMILES string of the molecule is CCOCc1nc(Cl)cc(N(C)CCOC)n1. The number of ether oxygens (including phenoxy) is 2. The summed E-state index contributed by atoms with van der Waals surface area (Å²) in [5, 5.41) is 0.425. The summed E-state index contributed by atoms with van der Waals surface area (Å²) in [7, 11) is 3.60. The van der Waals surface area contributed by atoms with Crippen LogP contribution in [-0.4, -0.2) is 43.9 Å². The van der Waals surface area contributed by atoms with E-state index in [1.807, 2.05) is 18.9 Å². The van der Waals surface area contributed by atoms with E-state index in [1.165, 1.54) is 0 Å². The van der Waals surface area contributed by atoms with Gasteiger partial charge in [0.1, 0.15) is 17.6 Å². The number of aromatic nitrogens is 2. The minimum Gasteiger partial charge on any atom is -0.383 e. The molecule has 0 aromatic carbocycles. The highest BCUT2D eigenvalue weighted by molar-refractivity contribution is 6.29. The van der Waals surface area contributed by atoms with Gasteiger partial charge in [-0.2, -0.15) is 0 Å². The molecule has 0 amide bonds. The standard InChI is InChI=1S/C11H18ClN3O2/c1-4-17-8-10-13-9(12)7-11(14-10)15(2)5-6-16-3/h7H,4-6,8H2,1-3H3. The molecule has 0 spiro atoms. The molecule has 0 unspecified atom stereocenters. The molecule has 17 heavy (non-hydrogen) atoms. The largest absolute Gasteiger partial charge is 0.383 e. The molecule has 0 saturated carbocycles. The van der Waals surface area contributed by atoms with E-state index >= 15 is 0 Å². The van der Waals surface area contributed by atoms with Crippen molar-refractivity contribution in [2.75, 3.05) is 38.8 Å². The monoisotopic (exact) mass is 259 g/mol. The fourth-order valence-corrected chi connectivity index (χ4v) is 1.44. The summed E-state index contributed by atoms with van der Waals surface area (Å²) in [6, 6.07) is 1.73. The highest BCUT2D eigenvalue weighted by atomic mass is 35.5. The molecule has 5 nitrogen and oxygen atoms in total. The van der Waals surface area contributed by atoms with Gasteiger partial charge in [-0.1, -0.05) is 11.6 Å². The Morgan fingerprint density at radius 1 is 1.41 bits per heavy atom. The summed E-state index contributed by atoms with van der Waals surface area (Å²) >= 11 is 5.94. The van der Waals surface area contributed by atoms with Crippen LogP contribution >= 0.6 is 11.6 Å². The van der Waals surface area contributed by atoms with Crippen LogP contribution in [0.1, 0.15) is 12.7 Å². The van der Waals surface area contributed by atoms with Gasteiger partial charge >= 0.3 is 0 Å². The molecule has 0 aliphatic carbocycles. The number of methoxy groups -OCH3 is 1. The molecule has 0 aliphatic rings. The van der Waals surface area contributed by atoms with Crippen molar-refractivity contribution < 1.29 is 9.47 Å². The third kappa shape index (κ3) is 4.85. The smallest absolute Gasteiger partial charge is 0.158 e. The van der Waals surface area contributed by atoms with Crippen molar-refractivity contribution >= 4 is 17.4 Å². The van der Waals surface area contributed by atoms with Gasteiger partial charge < -0.3 is 14.4 Å². The molecule has 1 rings (SSSR count). The zero-order chi connectivity index (χ0) is 12.7. The molecular weight excluding hydrogens is 242 g/mol. The van der Waals surface area contributed by atoms with Crippen LogP contribution in [0.5, 0.6) is 0 Å². The van der Waals surface area contributed by atoms with Crippen LogP contribution in [0.2, 0.25) is 5.15 Å². The number of likely N-dealkylation sites (N-methyl/N-ethyl adjacent to an activating group) is 1. The normalized spacial score (nSPS) is 10.6. The molecule has 1 aromatic rings. The van der Waals surface area contributed by atoms with E-state index in [0.29, 0.717) is 30.8 Å². The topological polar surface area (TPSA) is 47.5 Å². The number of rotatable bonds is 7. The predicted octanol–water partition coefficient (Wildman–Crippen LogP) is 1.75. The Balaban J connectivity index is 2.73. The Morgan fingerprint density at radius 2 is 2.18 bits per heavy atom. The fraction of sp³-hybridized carbons (Fsp3) is 0.636. The summed E-state index contributed by atoms with van der Waals surface area (Å²) in [5.74, 6) is 1.37. The second-order valence-corrected chi connectivity index (χ2v) is 3.90. The lowest BCUT2D eigenvalue weighted by Gasteiger charge is -2.18. The fourth-order valence-electron chi connectivity index (χ4n) is 1.25. The van der Waals surface area contributed by atoms with Gasteiger partial charge in [-0.05, 0) is 6.92 Å². The lowest BCUT2D eigenvalue weighted by Crippen LogP contribution is -2.23. The molecule has 0 bridgehead atoms. The van der Waals surface area contributed by atoms with Crippen LogP contribution in [0.15, 0.2) is 6.07 Å². The molecule has 1 heterocycles. The first-order valence-corrected chi connectivity index (χ1v) is 5.86. The van der Waals surface area contributed by atoms with Gasteiger partial charge in [-0.15, -0.1) is 0 Å². The highest BCUT2D eigenvalue weighted by Gasteiger charge is 2.07. The zero-order valence-electron chi connectivity index (χ0n) is 10.4. The molecule has 0 aliphatic heterocycles. The van der Waals surface area contributed by atoms with E-state index in [1.54, 1.807) is 13.2 Å². The summed E-state index contributed by atoms with van der Waals surface area (Å²) in [4.78, 5) is 10.4. The van der Waals surface area contributed by atoms with E-state index < -0.39 is 0 Å². The third-order valence-electron chi connectivity index (χ3n) is 2.18. The molecular formula is C11H18ClN3O2. The number of anilines is 1. The van der Waals surface area contributed by atoms with Crippen molar-refractivity contribution in [2.45, 2.75) is 13.5 Å². The second kappa shape index (κ2) is 7.42. The molecule has 0 N–H and O–H groups in total. The van der Waals surface area contributed by atoms with E-state index in [0.717, 1.165) is 12.4 Å². The Bertz CT molecular complexity index is 349. The number of halogens is 1. The van der Waals surface area contributed by atoms with Crippen molar-refractivity contribution in [2.24, 2.45) is 0 Å². The van der Waals surface area contributed by atoms with Crippen molar-refractivity contribution in [1.29, 1.82) is 0 Å². The summed E-state index contributed by atoms with van der Waals surface area (Å²) in [6.45, 7) is 4.32. The number of hydrogen-bond donors (Lipinski definition) is 0. The minimum atomic E-state index is 0.377. The first-order valence-electron chi connectivity index (χ1n) is 5.48. The minimum absolute atomic E-state index is 0.377. The molecule has 96 valence electrons. The maximum Gasteiger partial charge on any atom is 0.158 e. The van der Waals surface area contributed by atoms with E-state index in [-0.39, 0.29) is 0 Å². The van der Waals surface area contributed by atoms with E-state index in [9.17, 15) is 0 Å². The van der Waals surface area contributed by atoms with Crippen molar-refractivity contribution in [1.82, 2.24) is 9.97 Å². The van der Waals surface area contributed by atoms with E-state index in [2.05, 4.69) is 9.97 Å². The number of hydrogen-bond acceptors (Lipinski definition) is 5. The first kappa shape index (κ1) is 14.2. The number of nitrogens with zero attached hydrogens (tertiary/aromatic N) is 3. The molecule has 0 atom stereocenters. The van der Waals surface area contributed by atoms with Gasteiger partial charge in [0.2, 0.25) is 0 Å². The third-order valence-corrected chi connectivity index (χ3v) is 2.38. The quantitative estimate of drug-likeness (QED) is 0.698. The zero-order valence-corrected chi connectivity index (χ0v) is 11.2. The van der Waals surface area contributed by atoms with Crippen LogP contribution in [-0.2, 0) is 16.1 Å². The maximum atomic E-state index is 5.94. The highest BCUT2D eigenvalue weighted by Crippen LogP contribution is 2.15. The lowest BCUT2D eigenvalue weighted by atomic mass is 10.4. The van der Waals surface area contributed by atoms with Gasteiger partial charge in [0.05, 0.1) is 6.61 Å². The molecule has 6 heteroatoms. The van der Waals surface area contributed by atoms with Crippen molar-refractivity contribution in [3.8, 4) is 0 Å². The van der Waals surface area contributed by atoms with Crippen molar-refractivity contribution in [3.05, 3.63) is 17.0 Å². The van der Waals surface area contributed by atoms with Gasteiger partial charge in [-0.3, -0.25) is 0 Å². The van der Waals surface area contributed by atoms with Crippen LogP contribution in [0.3, 0.4) is 0 Å².